The summed E-state index contributed by atoms with van der Waals surface area (Å²) in [5.74, 6) is -0.315. The van der Waals surface area contributed by atoms with Gasteiger partial charge < -0.3 is 24.2 Å². The van der Waals surface area contributed by atoms with Crippen LogP contribution in [0.1, 0.15) is 69.5 Å². The number of hydrogen-bond acceptors (Lipinski definition) is 5. The molecule has 0 radical (unpaired) electrons. The van der Waals surface area contributed by atoms with Gasteiger partial charge in [0.05, 0.1) is 23.8 Å². The van der Waals surface area contributed by atoms with Gasteiger partial charge in [-0.05, 0) is 65.7 Å². The van der Waals surface area contributed by atoms with Crippen LogP contribution in [-0.2, 0) is 9.47 Å². The maximum atomic E-state index is 12.7. The van der Waals surface area contributed by atoms with E-state index in [-0.39, 0.29) is 35.8 Å². The highest BCUT2D eigenvalue weighted by Gasteiger charge is 2.54. The number of carboxylic acids is 1. The minimum absolute atomic E-state index is 0.0108. The Labute approximate surface area is 170 Å². The highest BCUT2D eigenvalue weighted by molar-refractivity contribution is 5.88. The summed E-state index contributed by atoms with van der Waals surface area (Å²) in [6.07, 6.45) is 0.794. The van der Waals surface area contributed by atoms with E-state index in [0.29, 0.717) is 12.3 Å². The zero-order valence-corrected chi connectivity index (χ0v) is 17.6. The number of rotatable bonds is 1. The molecule has 1 aromatic rings. The summed E-state index contributed by atoms with van der Waals surface area (Å²) in [5.41, 5.74) is -0.0518. The highest BCUT2D eigenvalue weighted by atomic mass is 16.6. The molecule has 0 saturated carbocycles. The molecule has 3 aliphatic rings. The number of carboxylic acid groups (broad SMARTS) is 1. The van der Waals surface area contributed by atoms with Crippen molar-refractivity contribution in [1.82, 2.24) is 4.90 Å². The Balaban J connectivity index is 1.63. The summed E-state index contributed by atoms with van der Waals surface area (Å²) >= 11 is 0. The van der Waals surface area contributed by atoms with E-state index < -0.39 is 17.2 Å². The number of fused-ring (bicyclic) bond motifs is 4. The van der Waals surface area contributed by atoms with Crippen LogP contribution in [0.4, 0.5) is 4.79 Å². The maximum Gasteiger partial charge on any atom is 0.410 e. The molecule has 0 aliphatic carbocycles. The van der Waals surface area contributed by atoms with Crippen molar-refractivity contribution in [3.63, 3.8) is 0 Å². The molecule has 3 aliphatic heterocycles. The van der Waals surface area contributed by atoms with E-state index in [0.717, 1.165) is 18.4 Å². The summed E-state index contributed by atoms with van der Waals surface area (Å²) in [4.78, 5) is 25.9. The number of ether oxygens (including phenoxy) is 3. The third-order valence-electron chi connectivity index (χ3n) is 6.12. The smallest absolute Gasteiger partial charge is 0.410 e. The van der Waals surface area contributed by atoms with Crippen molar-refractivity contribution in [2.24, 2.45) is 5.92 Å². The predicted octanol–water partition coefficient (Wildman–Crippen LogP) is 4.01. The molecular weight excluding hydrogens is 374 g/mol. The van der Waals surface area contributed by atoms with Gasteiger partial charge >= 0.3 is 12.1 Å². The monoisotopic (exact) mass is 403 g/mol. The first kappa shape index (κ1) is 20.0. The highest BCUT2D eigenvalue weighted by Crippen LogP contribution is 2.52. The zero-order chi connectivity index (χ0) is 21.1. The number of amides is 1. The molecule has 4 rings (SSSR count). The molecule has 29 heavy (non-hydrogen) atoms. The fraction of sp³-hybridized carbons (Fsp3) is 0.636. The van der Waals surface area contributed by atoms with E-state index in [1.54, 1.807) is 23.1 Å². The minimum atomic E-state index is -0.972. The van der Waals surface area contributed by atoms with Crippen LogP contribution in [0.15, 0.2) is 18.2 Å². The van der Waals surface area contributed by atoms with Crippen molar-refractivity contribution in [3.8, 4) is 5.75 Å². The second-order valence-corrected chi connectivity index (χ2v) is 9.73. The Hall–Kier alpha value is -2.28. The number of hydrogen-bond donors (Lipinski definition) is 1. The third-order valence-corrected chi connectivity index (χ3v) is 6.12. The van der Waals surface area contributed by atoms with Crippen molar-refractivity contribution in [2.75, 3.05) is 6.54 Å². The van der Waals surface area contributed by atoms with Gasteiger partial charge in [-0.1, -0.05) is 0 Å². The normalized spacial score (nSPS) is 29.9. The molecule has 2 saturated heterocycles. The fourth-order valence-corrected chi connectivity index (χ4v) is 4.77. The van der Waals surface area contributed by atoms with Gasteiger partial charge in [0.15, 0.2) is 0 Å². The van der Waals surface area contributed by atoms with E-state index in [2.05, 4.69) is 0 Å². The van der Waals surface area contributed by atoms with Crippen LogP contribution in [0.3, 0.4) is 0 Å². The van der Waals surface area contributed by atoms with Crippen molar-refractivity contribution in [2.45, 2.75) is 76.9 Å². The molecule has 0 unspecified atom stereocenters. The van der Waals surface area contributed by atoms with Crippen LogP contribution in [0.25, 0.3) is 0 Å². The van der Waals surface area contributed by atoms with Gasteiger partial charge in [0.25, 0.3) is 0 Å². The van der Waals surface area contributed by atoms with Gasteiger partial charge in [-0.25, -0.2) is 9.59 Å². The first-order valence-electron chi connectivity index (χ1n) is 10.2. The molecule has 1 aromatic carbocycles. The molecule has 158 valence electrons. The second-order valence-electron chi connectivity index (χ2n) is 9.73. The summed E-state index contributed by atoms with van der Waals surface area (Å²) in [7, 11) is 0. The molecule has 7 nitrogen and oxygen atoms in total. The summed E-state index contributed by atoms with van der Waals surface area (Å²) in [6, 6.07) is 4.86. The number of carbonyl (C=O) groups is 2. The van der Waals surface area contributed by atoms with Crippen molar-refractivity contribution >= 4 is 12.1 Å². The van der Waals surface area contributed by atoms with Crippen molar-refractivity contribution < 1.29 is 28.9 Å². The summed E-state index contributed by atoms with van der Waals surface area (Å²) in [5, 5.41) is 9.38. The van der Waals surface area contributed by atoms with Gasteiger partial charge in [0.2, 0.25) is 0 Å². The molecule has 0 spiro atoms. The molecule has 0 aromatic heterocycles. The number of aromatic carboxylic acids is 1. The number of carbonyl (C=O) groups excluding carboxylic acids is 1. The van der Waals surface area contributed by atoms with E-state index >= 15 is 0 Å². The van der Waals surface area contributed by atoms with E-state index in [4.69, 9.17) is 14.2 Å². The van der Waals surface area contributed by atoms with Crippen LogP contribution in [-0.4, -0.2) is 52.0 Å². The standard InChI is InChI=1S/C22H29NO6/c1-21(2,3)29-20(26)23-9-8-17-15(23)11-14-18(27-17)13-10-12(19(24)25)6-7-16(13)28-22(14,4)5/h6-7,10,14-15,17-18H,8-9,11H2,1-5H3,(H,24,25)/t14-,15-,17-,18+/m0/s1. The topological polar surface area (TPSA) is 85.3 Å². The number of likely N-dealkylation sites (tertiary alicyclic amines) is 1. The molecular formula is C22H29NO6. The van der Waals surface area contributed by atoms with Gasteiger partial charge in [-0.2, -0.15) is 0 Å². The van der Waals surface area contributed by atoms with E-state index in [1.807, 2.05) is 34.6 Å². The van der Waals surface area contributed by atoms with Gasteiger partial charge in [-0.15, -0.1) is 0 Å². The second kappa shape index (κ2) is 6.62. The van der Waals surface area contributed by atoms with Crippen LogP contribution in [0, 0.1) is 5.92 Å². The van der Waals surface area contributed by atoms with Crippen LogP contribution >= 0.6 is 0 Å². The number of nitrogens with zero attached hydrogens (tertiary/aromatic N) is 1. The summed E-state index contributed by atoms with van der Waals surface area (Å²) < 4.78 is 18.3. The minimum Gasteiger partial charge on any atom is -0.487 e. The molecule has 0 bridgehead atoms. The Morgan fingerprint density at radius 2 is 2.00 bits per heavy atom. The predicted molar refractivity (Wildman–Crippen MR) is 105 cm³/mol. The fourth-order valence-electron chi connectivity index (χ4n) is 4.77. The molecule has 1 N–H and O–H groups in total. The van der Waals surface area contributed by atoms with Gasteiger partial charge in [0.1, 0.15) is 17.0 Å². The maximum absolute atomic E-state index is 12.7. The van der Waals surface area contributed by atoms with E-state index in [9.17, 15) is 14.7 Å². The average molecular weight is 403 g/mol. The SMILES string of the molecule is CC(C)(C)OC(=O)N1CC[C@@H]2O[C@@H]3c4cc(C(=O)O)ccc4OC(C)(C)[C@H]3C[C@@H]21. The lowest BCUT2D eigenvalue weighted by atomic mass is 9.73. The Kier molecular flexibility index (Phi) is 4.57. The largest absolute Gasteiger partial charge is 0.487 e. The third kappa shape index (κ3) is 3.56. The van der Waals surface area contributed by atoms with Crippen LogP contribution in [0.5, 0.6) is 5.75 Å². The molecule has 1 amide bonds. The Bertz CT molecular complexity index is 842. The molecule has 3 heterocycles. The lowest BCUT2D eigenvalue weighted by molar-refractivity contribution is -0.161. The van der Waals surface area contributed by atoms with Crippen LogP contribution in [0.2, 0.25) is 0 Å². The average Bonchev–Trinajstić information content (AvgIpc) is 3.01. The first-order valence-corrected chi connectivity index (χ1v) is 10.2. The zero-order valence-electron chi connectivity index (χ0n) is 17.6. The lowest BCUT2D eigenvalue weighted by Crippen LogP contribution is -2.55. The van der Waals surface area contributed by atoms with E-state index in [1.165, 1.54) is 0 Å². The van der Waals surface area contributed by atoms with Gasteiger partial charge in [0, 0.05) is 18.0 Å². The van der Waals surface area contributed by atoms with Crippen molar-refractivity contribution in [3.05, 3.63) is 29.3 Å². The molecule has 4 atom stereocenters. The summed E-state index contributed by atoms with van der Waals surface area (Å²) in [6.45, 7) is 10.2. The first-order chi connectivity index (χ1) is 13.5. The molecule has 2 fully saturated rings. The lowest BCUT2D eigenvalue weighted by Gasteiger charge is -2.50. The Morgan fingerprint density at radius 3 is 2.66 bits per heavy atom. The quantitative estimate of drug-likeness (QED) is 0.763. The number of benzene rings is 1. The van der Waals surface area contributed by atoms with Crippen LogP contribution < -0.4 is 4.74 Å². The van der Waals surface area contributed by atoms with Gasteiger partial charge in [-0.3, -0.25) is 0 Å². The Morgan fingerprint density at radius 1 is 1.28 bits per heavy atom. The molecule has 7 heteroatoms. The van der Waals surface area contributed by atoms with Crippen molar-refractivity contribution in [1.29, 1.82) is 0 Å².